The van der Waals surface area contributed by atoms with E-state index in [1.165, 1.54) is 11.3 Å². The molecule has 2 aromatic heterocycles. The molecule has 0 bridgehead atoms. The number of anilines is 1. The summed E-state index contributed by atoms with van der Waals surface area (Å²) in [6.07, 6.45) is 0. The summed E-state index contributed by atoms with van der Waals surface area (Å²) >= 11 is 4.51. The number of amides is 1. The number of nitrogens with zero attached hydrogens (tertiary/aromatic N) is 3. The van der Waals surface area contributed by atoms with Crippen LogP contribution in [0.25, 0.3) is 22.2 Å². The fourth-order valence-electron chi connectivity index (χ4n) is 2.54. The molecule has 0 fully saturated rings. The summed E-state index contributed by atoms with van der Waals surface area (Å²) in [6.45, 7) is 0. The van der Waals surface area contributed by atoms with Crippen molar-refractivity contribution in [2.24, 2.45) is 0 Å². The van der Waals surface area contributed by atoms with E-state index >= 15 is 0 Å². The van der Waals surface area contributed by atoms with Gasteiger partial charge in [0, 0.05) is 10.9 Å². The van der Waals surface area contributed by atoms with Crippen LogP contribution in [-0.4, -0.2) is 21.1 Å². The zero-order valence-corrected chi connectivity index (χ0v) is 15.2. The summed E-state index contributed by atoms with van der Waals surface area (Å²) in [6, 6.07) is 19.2. The molecule has 0 aliphatic rings. The Morgan fingerprint density at radius 2 is 1.76 bits per heavy atom. The number of para-hydroxylation sites is 1. The predicted octanol–water partition coefficient (Wildman–Crippen LogP) is 4.77. The van der Waals surface area contributed by atoms with E-state index in [9.17, 15) is 4.79 Å². The van der Waals surface area contributed by atoms with Gasteiger partial charge in [0.05, 0.1) is 16.8 Å². The van der Waals surface area contributed by atoms with E-state index in [0.717, 1.165) is 22.2 Å². The second kappa shape index (κ2) is 6.70. The molecule has 0 atom stereocenters. The maximum Gasteiger partial charge on any atom is 0.258 e. The van der Waals surface area contributed by atoms with Crippen molar-refractivity contribution in [3.05, 3.63) is 70.1 Å². The van der Waals surface area contributed by atoms with Crippen molar-refractivity contribution >= 4 is 49.2 Å². The fourth-order valence-corrected chi connectivity index (χ4v) is 3.55. The number of benzene rings is 2. The van der Waals surface area contributed by atoms with Gasteiger partial charge < -0.3 is 0 Å². The third kappa shape index (κ3) is 3.29. The third-order valence-electron chi connectivity index (χ3n) is 3.65. The lowest BCUT2D eigenvalue weighted by atomic mass is 10.0. The molecule has 122 valence electrons. The van der Waals surface area contributed by atoms with Gasteiger partial charge in [-0.3, -0.25) is 10.1 Å². The summed E-state index contributed by atoms with van der Waals surface area (Å²) in [5.41, 5.74) is 3.03. The molecule has 0 spiro atoms. The molecular formula is C18H11BrN4OS. The Kier molecular flexibility index (Phi) is 4.25. The van der Waals surface area contributed by atoms with Gasteiger partial charge in [0.1, 0.15) is 0 Å². The van der Waals surface area contributed by atoms with Crippen molar-refractivity contribution < 1.29 is 4.79 Å². The van der Waals surface area contributed by atoms with Crippen LogP contribution in [0.2, 0.25) is 0 Å². The van der Waals surface area contributed by atoms with E-state index in [1.807, 2.05) is 60.7 Å². The Balaban J connectivity index is 1.82. The molecule has 4 rings (SSSR count). The molecule has 2 heterocycles. The number of fused-ring (bicyclic) bond motifs is 1. The van der Waals surface area contributed by atoms with E-state index in [-0.39, 0.29) is 5.91 Å². The van der Waals surface area contributed by atoms with Crippen molar-refractivity contribution in [2.45, 2.75) is 0 Å². The number of nitrogens with one attached hydrogen (secondary N) is 1. The molecule has 2 aromatic carbocycles. The number of halogens is 1. The van der Waals surface area contributed by atoms with Gasteiger partial charge >= 0.3 is 0 Å². The van der Waals surface area contributed by atoms with Gasteiger partial charge in [-0.1, -0.05) is 59.9 Å². The number of carbonyl (C=O) groups excluding carboxylic acids is 1. The minimum atomic E-state index is -0.237. The van der Waals surface area contributed by atoms with Gasteiger partial charge in [0.2, 0.25) is 5.13 Å². The first-order valence-corrected chi connectivity index (χ1v) is 9.07. The van der Waals surface area contributed by atoms with E-state index in [0.29, 0.717) is 14.6 Å². The Morgan fingerprint density at radius 3 is 2.52 bits per heavy atom. The lowest BCUT2D eigenvalue weighted by Gasteiger charge is -2.09. The lowest BCUT2D eigenvalue weighted by Crippen LogP contribution is -2.13. The summed E-state index contributed by atoms with van der Waals surface area (Å²) in [7, 11) is 0. The molecule has 7 heteroatoms. The smallest absolute Gasteiger partial charge is 0.258 e. The monoisotopic (exact) mass is 410 g/mol. The average molecular weight is 411 g/mol. The third-order valence-corrected chi connectivity index (χ3v) is 4.92. The average Bonchev–Trinajstić information content (AvgIpc) is 3.06. The standard InChI is InChI=1S/C18H11BrN4OS/c19-17-22-23-18(25-17)21-16(24)13-10-15(11-6-2-1-3-7-11)20-14-9-5-4-8-12(13)14/h1-10H,(H,21,23,24). The van der Waals surface area contributed by atoms with Crippen LogP contribution >= 0.6 is 27.3 Å². The first-order chi connectivity index (χ1) is 12.2. The van der Waals surface area contributed by atoms with E-state index in [2.05, 4.69) is 36.4 Å². The summed E-state index contributed by atoms with van der Waals surface area (Å²) in [4.78, 5) is 17.5. The summed E-state index contributed by atoms with van der Waals surface area (Å²) in [5.74, 6) is -0.237. The van der Waals surface area contributed by atoms with Gasteiger partial charge in [0.15, 0.2) is 3.92 Å². The normalized spacial score (nSPS) is 10.8. The van der Waals surface area contributed by atoms with Crippen LogP contribution in [0.4, 0.5) is 5.13 Å². The molecule has 0 radical (unpaired) electrons. The molecule has 0 unspecified atom stereocenters. The molecule has 25 heavy (non-hydrogen) atoms. The second-order valence-corrected chi connectivity index (χ2v) is 7.51. The van der Waals surface area contributed by atoms with Gasteiger partial charge in [-0.25, -0.2) is 4.98 Å². The molecule has 0 aliphatic heterocycles. The van der Waals surface area contributed by atoms with Crippen molar-refractivity contribution in [3.63, 3.8) is 0 Å². The SMILES string of the molecule is O=C(Nc1nnc(Br)s1)c1cc(-c2ccccc2)nc2ccccc12. The van der Waals surface area contributed by atoms with E-state index in [4.69, 9.17) is 0 Å². The minimum absolute atomic E-state index is 0.237. The van der Waals surface area contributed by atoms with E-state index in [1.54, 1.807) is 0 Å². The molecule has 1 N–H and O–H groups in total. The molecule has 1 amide bonds. The van der Waals surface area contributed by atoms with Crippen LogP contribution in [0.5, 0.6) is 0 Å². The highest BCUT2D eigenvalue weighted by Crippen LogP contribution is 2.26. The van der Waals surface area contributed by atoms with Gasteiger partial charge in [-0.05, 0) is 28.1 Å². The quantitative estimate of drug-likeness (QED) is 0.528. The molecule has 0 saturated heterocycles. The van der Waals surface area contributed by atoms with Crippen molar-refractivity contribution in [1.82, 2.24) is 15.2 Å². The summed E-state index contributed by atoms with van der Waals surface area (Å²) in [5, 5.41) is 11.8. The molecule has 0 saturated carbocycles. The lowest BCUT2D eigenvalue weighted by molar-refractivity contribution is 0.102. The Labute approximate surface area is 155 Å². The molecule has 0 aliphatic carbocycles. The largest absolute Gasteiger partial charge is 0.296 e. The topological polar surface area (TPSA) is 67.8 Å². The number of hydrogen-bond donors (Lipinski definition) is 1. The van der Waals surface area contributed by atoms with Gasteiger partial charge in [0.25, 0.3) is 5.91 Å². The van der Waals surface area contributed by atoms with Crippen molar-refractivity contribution in [1.29, 1.82) is 0 Å². The van der Waals surface area contributed by atoms with Crippen LogP contribution in [0, 0.1) is 0 Å². The maximum atomic E-state index is 12.8. The highest BCUT2D eigenvalue weighted by Gasteiger charge is 2.15. The number of pyridine rings is 1. The number of hydrogen-bond acceptors (Lipinski definition) is 5. The van der Waals surface area contributed by atoms with Crippen LogP contribution in [0.15, 0.2) is 64.6 Å². The van der Waals surface area contributed by atoms with Crippen molar-refractivity contribution in [2.75, 3.05) is 5.32 Å². The Morgan fingerprint density at radius 1 is 1.00 bits per heavy atom. The minimum Gasteiger partial charge on any atom is -0.296 e. The first kappa shape index (κ1) is 15.9. The molecule has 4 aromatic rings. The van der Waals surface area contributed by atoms with Crippen LogP contribution in [-0.2, 0) is 0 Å². The Hall–Kier alpha value is -2.64. The van der Waals surface area contributed by atoms with Crippen LogP contribution in [0.3, 0.4) is 0 Å². The molecule has 5 nitrogen and oxygen atoms in total. The Bertz CT molecular complexity index is 1070. The van der Waals surface area contributed by atoms with Crippen LogP contribution in [0.1, 0.15) is 10.4 Å². The second-order valence-electron chi connectivity index (χ2n) is 5.25. The maximum absolute atomic E-state index is 12.8. The predicted molar refractivity (Wildman–Crippen MR) is 103 cm³/mol. The van der Waals surface area contributed by atoms with E-state index < -0.39 is 0 Å². The first-order valence-electron chi connectivity index (χ1n) is 7.46. The number of rotatable bonds is 3. The fraction of sp³-hybridized carbons (Fsp3) is 0. The molecular weight excluding hydrogens is 400 g/mol. The number of carbonyl (C=O) groups is 1. The summed E-state index contributed by atoms with van der Waals surface area (Å²) < 4.78 is 0.618. The zero-order valence-electron chi connectivity index (χ0n) is 12.8. The number of aromatic nitrogens is 3. The van der Waals surface area contributed by atoms with Gasteiger partial charge in [-0.15, -0.1) is 10.2 Å². The zero-order chi connectivity index (χ0) is 17.2. The van der Waals surface area contributed by atoms with Gasteiger partial charge in [-0.2, -0.15) is 0 Å². The van der Waals surface area contributed by atoms with Crippen molar-refractivity contribution in [3.8, 4) is 11.3 Å². The highest BCUT2D eigenvalue weighted by atomic mass is 79.9. The highest BCUT2D eigenvalue weighted by molar-refractivity contribution is 9.11. The van der Waals surface area contributed by atoms with Crippen LogP contribution < -0.4 is 5.32 Å².